The van der Waals surface area contributed by atoms with Crippen molar-refractivity contribution in [1.29, 1.82) is 0 Å². The van der Waals surface area contributed by atoms with Gasteiger partial charge >= 0.3 is 6.03 Å². The minimum absolute atomic E-state index is 0.248. The van der Waals surface area contributed by atoms with Crippen molar-refractivity contribution in [3.05, 3.63) is 24.3 Å². The average Bonchev–Trinajstić information content (AvgIpc) is 2.62. The van der Waals surface area contributed by atoms with Crippen molar-refractivity contribution < 1.29 is 14.3 Å². The van der Waals surface area contributed by atoms with E-state index in [4.69, 9.17) is 4.74 Å². The van der Waals surface area contributed by atoms with Gasteiger partial charge in [0, 0.05) is 38.4 Å². The number of nitrogens with zero attached hydrogens (tertiary/aromatic N) is 2. The lowest BCUT2D eigenvalue weighted by Gasteiger charge is -2.35. The predicted molar refractivity (Wildman–Crippen MR) is 98.1 cm³/mol. The van der Waals surface area contributed by atoms with E-state index in [-0.39, 0.29) is 12.5 Å². The molecule has 1 heterocycles. The molecule has 138 valence electrons. The van der Waals surface area contributed by atoms with Crippen LogP contribution in [0.25, 0.3) is 0 Å². The molecule has 1 aliphatic rings. The van der Waals surface area contributed by atoms with Crippen LogP contribution in [0.1, 0.15) is 19.8 Å². The van der Waals surface area contributed by atoms with E-state index < -0.39 is 6.03 Å². The highest BCUT2D eigenvalue weighted by Crippen LogP contribution is 2.20. The fourth-order valence-corrected chi connectivity index (χ4v) is 2.75. The first kappa shape index (κ1) is 19.1. The first-order chi connectivity index (χ1) is 12.1. The number of amides is 3. The van der Waals surface area contributed by atoms with Crippen LogP contribution >= 0.6 is 0 Å². The Labute approximate surface area is 149 Å². The zero-order valence-corrected chi connectivity index (χ0v) is 15.1. The molecular formula is C18H28N4O3. The molecule has 0 spiro atoms. The molecule has 2 N–H and O–H groups in total. The summed E-state index contributed by atoms with van der Waals surface area (Å²) in [5.41, 5.74) is 1.15. The van der Waals surface area contributed by atoms with E-state index in [1.54, 1.807) is 7.11 Å². The number of hydrogen-bond donors (Lipinski definition) is 2. The summed E-state index contributed by atoms with van der Waals surface area (Å²) in [7, 11) is 1.66. The molecule has 1 saturated heterocycles. The van der Waals surface area contributed by atoms with Gasteiger partial charge in [0.1, 0.15) is 5.75 Å². The maximum absolute atomic E-state index is 11.9. The number of anilines is 1. The molecule has 2 rings (SSSR count). The number of benzene rings is 1. The van der Waals surface area contributed by atoms with Gasteiger partial charge in [-0.3, -0.25) is 15.0 Å². The predicted octanol–water partition coefficient (Wildman–Crippen LogP) is 1.44. The summed E-state index contributed by atoms with van der Waals surface area (Å²) in [6, 6.07) is 7.58. The summed E-state index contributed by atoms with van der Waals surface area (Å²) in [6.07, 6.45) is 1.92. The largest absolute Gasteiger partial charge is 0.497 e. The Bertz CT molecular complexity index is 554. The van der Waals surface area contributed by atoms with E-state index in [1.165, 1.54) is 0 Å². The molecule has 0 bridgehead atoms. The summed E-state index contributed by atoms with van der Waals surface area (Å²) < 4.78 is 5.18. The molecule has 3 amide bonds. The molecule has 25 heavy (non-hydrogen) atoms. The van der Waals surface area contributed by atoms with Gasteiger partial charge in [0.15, 0.2) is 0 Å². The molecular weight excluding hydrogens is 320 g/mol. The highest BCUT2D eigenvalue weighted by molar-refractivity contribution is 5.95. The molecule has 0 atom stereocenters. The summed E-state index contributed by atoms with van der Waals surface area (Å²) in [5, 5.41) is 5.07. The van der Waals surface area contributed by atoms with Gasteiger partial charge in [-0.1, -0.05) is 13.3 Å². The molecule has 0 saturated carbocycles. The van der Waals surface area contributed by atoms with Gasteiger partial charge in [0.05, 0.1) is 13.7 Å². The standard InChI is InChI=1S/C18H28N4O3/c1-3-4-9-19-18(24)20-17(23)14-21-10-12-22(13-11-21)15-5-7-16(25-2)8-6-15/h5-8H,3-4,9-14H2,1-2H3,(H2,19,20,23,24). The molecule has 0 aromatic heterocycles. The van der Waals surface area contributed by atoms with Gasteiger partial charge in [0.25, 0.3) is 0 Å². The van der Waals surface area contributed by atoms with E-state index in [1.807, 2.05) is 24.3 Å². The lowest BCUT2D eigenvalue weighted by molar-refractivity contribution is -0.121. The van der Waals surface area contributed by atoms with E-state index in [0.717, 1.165) is 50.5 Å². The fraction of sp³-hybridized carbons (Fsp3) is 0.556. The van der Waals surface area contributed by atoms with Crippen molar-refractivity contribution >= 4 is 17.6 Å². The number of rotatable bonds is 7. The maximum atomic E-state index is 11.9. The van der Waals surface area contributed by atoms with Gasteiger partial charge in [-0.2, -0.15) is 0 Å². The lowest BCUT2D eigenvalue weighted by atomic mass is 10.2. The van der Waals surface area contributed by atoms with Crippen molar-refractivity contribution in [2.75, 3.05) is 51.3 Å². The number of methoxy groups -OCH3 is 1. The minimum Gasteiger partial charge on any atom is -0.497 e. The Balaban J connectivity index is 1.70. The SMILES string of the molecule is CCCCNC(=O)NC(=O)CN1CCN(c2ccc(OC)cc2)CC1. The molecule has 1 aromatic carbocycles. The number of imide groups is 1. The van der Waals surface area contributed by atoms with Crippen LogP contribution in [0.3, 0.4) is 0 Å². The lowest BCUT2D eigenvalue weighted by Crippen LogP contribution is -2.51. The van der Waals surface area contributed by atoms with E-state index in [9.17, 15) is 9.59 Å². The number of ether oxygens (including phenoxy) is 1. The van der Waals surface area contributed by atoms with E-state index in [2.05, 4.69) is 27.4 Å². The quantitative estimate of drug-likeness (QED) is 0.730. The zero-order valence-electron chi connectivity index (χ0n) is 15.1. The summed E-state index contributed by atoms with van der Waals surface area (Å²) >= 11 is 0. The number of piperazine rings is 1. The molecule has 0 unspecified atom stereocenters. The number of nitrogens with one attached hydrogen (secondary N) is 2. The Morgan fingerprint density at radius 1 is 1.12 bits per heavy atom. The van der Waals surface area contributed by atoms with Crippen molar-refractivity contribution in [2.45, 2.75) is 19.8 Å². The first-order valence-electron chi connectivity index (χ1n) is 8.81. The Morgan fingerprint density at radius 3 is 2.40 bits per heavy atom. The van der Waals surface area contributed by atoms with Crippen LogP contribution in [-0.2, 0) is 4.79 Å². The number of unbranched alkanes of at least 4 members (excludes halogenated alkanes) is 1. The number of urea groups is 1. The van der Waals surface area contributed by atoms with Crippen LogP contribution in [0.5, 0.6) is 5.75 Å². The highest BCUT2D eigenvalue weighted by Gasteiger charge is 2.20. The van der Waals surface area contributed by atoms with Crippen molar-refractivity contribution in [1.82, 2.24) is 15.5 Å². The summed E-state index contributed by atoms with van der Waals surface area (Å²) in [5.74, 6) is 0.586. The fourth-order valence-electron chi connectivity index (χ4n) is 2.75. The highest BCUT2D eigenvalue weighted by atomic mass is 16.5. The van der Waals surface area contributed by atoms with Crippen LogP contribution in [0.4, 0.5) is 10.5 Å². The Kier molecular flexibility index (Phi) is 7.53. The molecule has 0 aliphatic carbocycles. The molecule has 1 aromatic rings. The van der Waals surface area contributed by atoms with E-state index >= 15 is 0 Å². The third-order valence-corrected chi connectivity index (χ3v) is 4.25. The maximum Gasteiger partial charge on any atom is 0.321 e. The topological polar surface area (TPSA) is 73.9 Å². The number of hydrogen-bond acceptors (Lipinski definition) is 5. The number of carbonyl (C=O) groups is 2. The van der Waals surface area contributed by atoms with Crippen molar-refractivity contribution in [2.24, 2.45) is 0 Å². The molecule has 7 heteroatoms. The first-order valence-corrected chi connectivity index (χ1v) is 8.81. The van der Waals surface area contributed by atoms with Crippen LogP contribution < -0.4 is 20.3 Å². The van der Waals surface area contributed by atoms with E-state index in [0.29, 0.717) is 6.54 Å². The second-order valence-electron chi connectivity index (χ2n) is 6.12. The summed E-state index contributed by atoms with van der Waals surface area (Å²) in [4.78, 5) is 27.9. The Hall–Kier alpha value is -2.28. The third-order valence-electron chi connectivity index (χ3n) is 4.25. The molecule has 1 aliphatic heterocycles. The summed E-state index contributed by atoms with van der Waals surface area (Å²) in [6.45, 7) is 6.17. The monoisotopic (exact) mass is 348 g/mol. The van der Waals surface area contributed by atoms with Crippen LogP contribution in [-0.4, -0.2) is 63.2 Å². The van der Waals surface area contributed by atoms with Crippen molar-refractivity contribution in [3.8, 4) is 5.75 Å². The normalized spacial score (nSPS) is 14.9. The smallest absolute Gasteiger partial charge is 0.321 e. The second-order valence-corrected chi connectivity index (χ2v) is 6.12. The van der Waals surface area contributed by atoms with Crippen LogP contribution in [0.15, 0.2) is 24.3 Å². The third kappa shape index (κ3) is 6.26. The molecule has 1 fully saturated rings. The van der Waals surface area contributed by atoms with Gasteiger partial charge in [-0.25, -0.2) is 4.79 Å². The zero-order chi connectivity index (χ0) is 18.1. The molecule has 7 nitrogen and oxygen atoms in total. The van der Waals surface area contributed by atoms with Crippen molar-refractivity contribution in [3.63, 3.8) is 0 Å². The van der Waals surface area contributed by atoms with Gasteiger partial charge in [-0.05, 0) is 30.7 Å². The Morgan fingerprint density at radius 2 is 1.80 bits per heavy atom. The minimum atomic E-state index is -0.407. The van der Waals surface area contributed by atoms with Crippen LogP contribution in [0.2, 0.25) is 0 Å². The average molecular weight is 348 g/mol. The van der Waals surface area contributed by atoms with Gasteiger partial charge in [0.2, 0.25) is 5.91 Å². The second kappa shape index (κ2) is 9.88. The number of carbonyl (C=O) groups excluding carboxylic acids is 2. The van der Waals surface area contributed by atoms with Crippen LogP contribution in [0, 0.1) is 0 Å². The van der Waals surface area contributed by atoms with Gasteiger partial charge < -0.3 is 15.0 Å². The van der Waals surface area contributed by atoms with Gasteiger partial charge in [-0.15, -0.1) is 0 Å². The molecule has 0 radical (unpaired) electrons.